The highest BCUT2D eigenvalue weighted by Gasteiger charge is 2.60. The Morgan fingerprint density at radius 3 is 2.44 bits per heavy atom. The summed E-state index contributed by atoms with van der Waals surface area (Å²) in [4.78, 5) is 24.8. The fourth-order valence-corrected chi connectivity index (χ4v) is 6.97. The first-order valence-corrected chi connectivity index (χ1v) is 9.93. The molecule has 0 radical (unpaired) electrons. The molecule has 0 spiro atoms. The number of ether oxygens (including phenoxy) is 1. The molecule has 0 heterocycles. The molecule has 25 heavy (non-hydrogen) atoms. The lowest BCUT2D eigenvalue weighted by atomic mass is 9.49. The van der Waals surface area contributed by atoms with Crippen LogP contribution in [-0.2, 0) is 20.9 Å². The summed E-state index contributed by atoms with van der Waals surface area (Å²) in [6, 6.07) is 9.72. The van der Waals surface area contributed by atoms with E-state index in [4.69, 9.17) is 4.74 Å². The van der Waals surface area contributed by atoms with Crippen molar-refractivity contribution in [3.63, 3.8) is 0 Å². The van der Waals surface area contributed by atoms with Gasteiger partial charge in [-0.25, -0.2) is 0 Å². The van der Waals surface area contributed by atoms with Crippen LogP contribution in [0.1, 0.15) is 44.1 Å². The number of carbonyl (C=O) groups is 2. The highest BCUT2D eigenvalue weighted by molar-refractivity contribution is 9.10. The summed E-state index contributed by atoms with van der Waals surface area (Å²) in [5.74, 6) is 0.843. The van der Waals surface area contributed by atoms with Crippen molar-refractivity contribution in [3.05, 3.63) is 35.9 Å². The van der Waals surface area contributed by atoms with Crippen LogP contribution in [0.3, 0.4) is 0 Å². The van der Waals surface area contributed by atoms with E-state index >= 15 is 0 Å². The van der Waals surface area contributed by atoms with Crippen LogP contribution in [-0.4, -0.2) is 22.8 Å². The van der Waals surface area contributed by atoms with E-state index in [0.29, 0.717) is 18.4 Å². The zero-order chi connectivity index (χ0) is 17.5. The normalized spacial score (nSPS) is 35.4. The van der Waals surface area contributed by atoms with Crippen molar-refractivity contribution in [2.45, 2.75) is 49.4 Å². The van der Waals surface area contributed by atoms with Gasteiger partial charge < -0.3 is 10.1 Å². The monoisotopic (exact) mass is 405 g/mol. The molecule has 5 heteroatoms. The van der Waals surface area contributed by atoms with E-state index in [1.165, 1.54) is 19.3 Å². The molecule has 4 saturated carbocycles. The molecule has 1 aromatic carbocycles. The van der Waals surface area contributed by atoms with E-state index < -0.39 is 0 Å². The summed E-state index contributed by atoms with van der Waals surface area (Å²) in [6.45, 7) is 0.273. The smallest absolute Gasteiger partial charge is 0.312 e. The van der Waals surface area contributed by atoms with Gasteiger partial charge in [0.2, 0.25) is 0 Å². The van der Waals surface area contributed by atoms with Gasteiger partial charge >= 0.3 is 5.97 Å². The molecule has 134 valence electrons. The number of carbonyl (C=O) groups excluding carboxylic acids is 2. The Morgan fingerprint density at radius 2 is 1.80 bits per heavy atom. The van der Waals surface area contributed by atoms with Gasteiger partial charge in [0.25, 0.3) is 5.91 Å². The Bertz CT molecular complexity index is 661. The van der Waals surface area contributed by atoms with Crippen LogP contribution in [0.5, 0.6) is 0 Å². The third kappa shape index (κ3) is 3.48. The number of hydrogen-bond donors (Lipinski definition) is 1. The molecule has 4 nitrogen and oxygen atoms in total. The average molecular weight is 406 g/mol. The van der Waals surface area contributed by atoms with Crippen molar-refractivity contribution in [2.24, 2.45) is 17.3 Å². The predicted octanol–water partition coefficient (Wildman–Crippen LogP) is 3.58. The molecule has 0 saturated heterocycles. The van der Waals surface area contributed by atoms with Gasteiger partial charge in [-0.3, -0.25) is 9.59 Å². The average Bonchev–Trinajstić information content (AvgIpc) is 2.56. The molecule has 2 unspecified atom stereocenters. The van der Waals surface area contributed by atoms with Crippen LogP contribution in [0.25, 0.3) is 0 Å². The minimum absolute atomic E-state index is 0.117. The highest BCUT2D eigenvalue weighted by Crippen LogP contribution is 2.64. The number of hydrogen-bond acceptors (Lipinski definition) is 3. The number of amides is 1. The van der Waals surface area contributed by atoms with Crippen molar-refractivity contribution >= 4 is 27.8 Å². The van der Waals surface area contributed by atoms with Gasteiger partial charge in [0.15, 0.2) is 6.61 Å². The maximum absolute atomic E-state index is 12.8. The van der Waals surface area contributed by atoms with Crippen LogP contribution >= 0.6 is 15.9 Å². The Balaban J connectivity index is 1.31. The minimum atomic E-state index is -0.368. The van der Waals surface area contributed by atoms with Gasteiger partial charge in [0, 0.05) is 10.9 Å². The van der Waals surface area contributed by atoms with E-state index in [1.807, 2.05) is 30.3 Å². The summed E-state index contributed by atoms with van der Waals surface area (Å²) >= 11 is 3.90. The summed E-state index contributed by atoms with van der Waals surface area (Å²) in [6.07, 6.45) is 6.33. The standard InChI is InChI=1S/C20H24BrNO3/c21-20-9-15-6-16(10-20)8-19(7-15,13-20)18(24)25-12-17(23)22-11-14-4-2-1-3-5-14/h1-5,15-16H,6-13H2,(H,22,23)/t15-,16+,19?,20?. The highest BCUT2D eigenvalue weighted by atomic mass is 79.9. The molecular weight excluding hydrogens is 382 g/mol. The largest absolute Gasteiger partial charge is 0.455 e. The molecule has 4 aliphatic carbocycles. The molecule has 5 rings (SSSR count). The van der Waals surface area contributed by atoms with Crippen molar-refractivity contribution in [3.8, 4) is 0 Å². The minimum Gasteiger partial charge on any atom is -0.455 e. The number of halogens is 1. The fraction of sp³-hybridized carbons (Fsp3) is 0.600. The Kier molecular flexibility index (Phi) is 4.38. The van der Waals surface area contributed by atoms with Crippen LogP contribution in [0.2, 0.25) is 0 Å². The van der Waals surface area contributed by atoms with Crippen LogP contribution in [0.15, 0.2) is 30.3 Å². The SMILES string of the molecule is O=C(COC(=O)C12C[C@@H]3C[C@@H](CC(Br)(C3)C1)C2)NCc1ccccc1. The Hall–Kier alpha value is -1.36. The Labute approximate surface area is 156 Å². The zero-order valence-electron chi connectivity index (χ0n) is 14.3. The zero-order valence-corrected chi connectivity index (χ0v) is 15.9. The lowest BCUT2D eigenvalue weighted by Crippen LogP contribution is -2.56. The maximum atomic E-state index is 12.8. The summed E-state index contributed by atoms with van der Waals surface area (Å²) in [7, 11) is 0. The van der Waals surface area contributed by atoms with Gasteiger partial charge in [-0.1, -0.05) is 46.3 Å². The van der Waals surface area contributed by atoms with Gasteiger partial charge in [-0.2, -0.15) is 0 Å². The molecule has 4 atom stereocenters. The second-order valence-corrected chi connectivity index (χ2v) is 9.91. The van der Waals surface area contributed by atoms with Crippen molar-refractivity contribution in [2.75, 3.05) is 6.61 Å². The number of nitrogens with one attached hydrogen (secondary N) is 1. The summed E-state index contributed by atoms with van der Waals surface area (Å²) in [5, 5.41) is 2.81. The second kappa shape index (κ2) is 6.42. The first-order valence-electron chi connectivity index (χ1n) is 9.13. The lowest BCUT2D eigenvalue weighted by molar-refractivity contribution is -0.171. The molecule has 1 aromatic rings. The van der Waals surface area contributed by atoms with Crippen LogP contribution in [0, 0.1) is 17.3 Å². The predicted molar refractivity (Wildman–Crippen MR) is 98.0 cm³/mol. The quantitative estimate of drug-likeness (QED) is 0.601. The van der Waals surface area contributed by atoms with Gasteiger partial charge in [0.05, 0.1) is 5.41 Å². The van der Waals surface area contributed by atoms with E-state index in [1.54, 1.807) is 0 Å². The van der Waals surface area contributed by atoms with E-state index in [-0.39, 0.29) is 28.2 Å². The molecule has 4 aliphatic rings. The van der Waals surface area contributed by atoms with Gasteiger partial charge in [0.1, 0.15) is 0 Å². The molecule has 4 bridgehead atoms. The number of alkyl halides is 1. The third-order valence-corrected chi connectivity index (χ3v) is 7.02. The molecule has 0 aliphatic heterocycles. The van der Waals surface area contributed by atoms with Crippen molar-refractivity contribution in [1.82, 2.24) is 5.32 Å². The van der Waals surface area contributed by atoms with E-state index in [0.717, 1.165) is 24.8 Å². The number of esters is 1. The Morgan fingerprint density at radius 1 is 1.12 bits per heavy atom. The molecule has 1 amide bonds. The van der Waals surface area contributed by atoms with Crippen molar-refractivity contribution < 1.29 is 14.3 Å². The van der Waals surface area contributed by atoms with Gasteiger partial charge in [-0.05, 0) is 55.9 Å². The fourth-order valence-electron chi connectivity index (χ4n) is 5.52. The maximum Gasteiger partial charge on any atom is 0.312 e. The molecule has 4 fully saturated rings. The third-order valence-electron chi connectivity index (χ3n) is 6.09. The van der Waals surface area contributed by atoms with Crippen LogP contribution in [0.4, 0.5) is 0 Å². The topological polar surface area (TPSA) is 55.4 Å². The van der Waals surface area contributed by atoms with E-state index in [2.05, 4.69) is 21.2 Å². The van der Waals surface area contributed by atoms with Gasteiger partial charge in [-0.15, -0.1) is 0 Å². The lowest BCUT2D eigenvalue weighted by Gasteiger charge is -2.58. The van der Waals surface area contributed by atoms with E-state index in [9.17, 15) is 9.59 Å². The number of benzene rings is 1. The summed E-state index contributed by atoms with van der Waals surface area (Å²) < 4.78 is 5.57. The second-order valence-electron chi connectivity index (χ2n) is 8.23. The first kappa shape index (κ1) is 17.1. The van der Waals surface area contributed by atoms with Crippen molar-refractivity contribution in [1.29, 1.82) is 0 Å². The first-order chi connectivity index (χ1) is 12.0. The van der Waals surface area contributed by atoms with Crippen LogP contribution < -0.4 is 5.32 Å². The summed E-state index contributed by atoms with van der Waals surface area (Å²) in [5.41, 5.74) is 0.664. The molecular formula is C20H24BrNO3. The molecule has 1 N–H and O–H groups in total. The number of rotatable bonds is 5. The molecule has 0 aromatic heterocycles.